The van der Waals surface area contributed by atoms with Gasteiger partial charge in [-0.1, -0.05) is 33.3 Å². The van der Waals surface area contributed by atoms with E-state index < -0.39 is 0 Å². The van der Waals surface area contributed by atoms with Crippen LogP contribution in [0, 0.1) is 17.8 Å². The Morgan fingerprint density at radius 3 is 2.50 bits per heavy atom. The van der Waals surface area contributed by atoms with Crippen LogP contribution in [0.1, 0.15) is 20.8 Å². The maximum Gasteiger partial charge on any atom is 0.0599 e. The highest BCUT2D eigenvalue weighted by molar-refractivity contribution is 4.97. The van der Waals surface area contributed by atoms with Crippen molar-refractivity contribution in [2.75, 3.05) is 26.7 Å². The predicted octanol–water partition coefficient (Wildman–Crippen LogP) is 1.70. The monoisotopic (exact) mass is 194 g/mol. The van der Waals surface area contributed by atoms with Gasteiger partial charge >= 0.3 is 0 Å². The van der Waals surface area contributed by atoms with E-state index in [-0.39, 0.29) is 5.41 Å². The first-order chi connectivity index (χ1) is 6.35. The van der Waals surface area contributed by atoms with Crippen LogP contribution in [0.3, 0.4) is 0 Å². The van der Waals surface area contributed by atoms with Gasteiger partial charge in [-0.2, -0.15) is 0 Å². The minimum absolute atomic E-state index is 0.285. The average molecular weight is 194 g/mol. The van der Waals surface area contributed by atoms with Crippen LogP contribution in [-0.4, -0.2) is 31.6 Å². The van der Waals surface area contributed by atoms with Crippen molar-refractivity contribution in [3.8, 4) is 12.3 Å². The Labute approximate surface area is 88.4 Å². The molecule has 2 nitrogen and oxygen atoms in total. The van der Waals surface area contributed by atoms with E-state index in [2.05, 4.69) is 43.5 Å². The van der Waals surface area contributed by atoms with E-state index >= 15 is 0 Å². The summed E-state index contributed by atoms with van der Waals surface area (Å²) in [4.78, 5) is 2.05. The summed E-state index contributed by atoms with van der Waals surface area (Å²) in [5.74, 6) is 2.60. The lowest BCUT2D eigenvalue weighted by molar-refractivity contribution is 0.366. The van der Waals surface area contributed by atoms with Gasteiger partial charge in [0, 0.05) is 18.8 Å². The SMILES string of the molecule is C#CCN(C)CC(=C)NCC(C)(C)C. The van der Waals surface area contributed by atoms with Crippen LogP contribution in [0.15, 0.2) is 12.3 Å². The first kappa shape index (κ1) is 13.1. The predicted molar refractivity (Wildman–Crippen MR) is 62.9 cm³/mol. The fourth-order valence-electron chi connectivity index (χ4n) is 0.984. The molecule has 0 rings (SSSR count). The minimum atomic E-state index is 0.285. The summed E-state index contributed by atoms with van der Waals surface area (Å²) in [6, 6.07) is 0. The van der Waals surface area contributed by atoms with Gasteiger partial charge < -0.3 is 5.32 Å². The van der Waals surface area contributed by atoms with Crippen LogP contribution in [-0.2, 0) is 0 Å². The maximum absolute atomic E-state index is 5.21. The molecule has 0 radical (unpaired) electrons. The molecule has 0 heterocycles. The molecule has 0 atom stereocenters. The molecule has 0 unspecified atom stereocenters. The van der Waals surface area contributed by atoms with Gasteiger partial charge in [0.05, 0.1) is 6.54 Å². The molecule has 0 bridgehead atoms. The van der Waals surface area contributed by atoms with Crippen molar-refractivity contribution in [1.82, 2.24) is 10.2 Å². The molecule has 0 aromatic carbocycles. The summed E-state index contributed by atoms with van der Waals surface area (Å²) in [5, 5.41) is 3.31. The molecule has 0 aliphatic heterocycles. The van der Waals surface area contributed by atoms with Crippen LogP contribution >= 0.6 is 0 Å². The fraction of sp³-hybridized carbons (Fsp3) is 0.667. The van der Waals surface area contributed by atoms with Gasteiger partial charge in [0.2, 0.25) is 0 Å². The summed E-state index contributed by atoms with van der Waals surface area (Å²) in [6.07, 6.45) is 5.21. The Balaban J connectivity index is 3.72. The number of hydrogen-bond donors (Lipinski definition) is 1. The van der Waals surface area contributed by atoms with Crippen LogP contribution < -0.4 is 5.32 Å². The largest absolute Gasteiger partial charge is 0.387 e. The summed E-state index contributed by atoms with van der Waals surface area (Å²) in [5.41, 5.74) is 1.31. The molecular weight excluding hydrogens is 172 g/mol. The number of nitrogens with zero attached hydrogens (tertiary/aromatic N) is 1. The molecule has 14 heavy (non-hydrogen) atoms. The molecule has 80 valence electrons. The van der Waals surface area contributed by atoms with Crippen molar-refractivity contribution >= 4 is 0 Å². The van der Waals surface area contributed by atoms with E-state index in [9.17, 15) is 0 Å². The lowest BCUT2D eigenvalue weighted by atomic mass is 9.97. The molecule has 1 N–H and O–H groups in total. The van der Waals surface area contributed by atoms with Crippen molar-refractivity contribution in [3.05, 3.63) is 12.3 Å². The summed E-state index contributed by atoms with van der Waals surface area (Å²) in [7, 11) is 1.99. The Bertz CT molecular complexity index is 217. The van der Waals surface area contributed by atoms with Gasteiger partial charge in [-0.15, -0.1) is 6.42 Å². The van der Waals surface area contributed by atoms with Crippen LogP contribution in [0.4, 0.5) is 0 Å². The highest BCUT2D eigenvalue weighted by atomic mass is 15.1. The number of rotatable bonds is 5. The van der Waals surface area contributed by atoms with E-state index in [1.54, 1.807) is 0 Å². The molecule has 2 heteroatoms. The van der Waals surface area contributed by atoms with Gasteiger partial charge in [-0.05, 0) is 12.5 Å². The van der Waals surface area contributed by atoms with Crippen molar-refractivity contribution < 1.29 is 0 Å². The molecule has 0 fully saturated rings. The van der Waals surface area contributed by atoms with E-state index in [0.29, 0.717) is 6.54 Å². The van der Waals surface area contributed by atoms with Crippen LogP contribution in [0.5, 0.6) is 0 Å². The fourth-order valence-corrected chi connectivity index (χ4v) is 0.984. The molecule has 0 aromatic rings. The third kappa shape index (κ3) is 7.70. The van der Waals surface area contributed by atoms with Crippen molar-refractivity contribution in [2.24, 2.45) is 5.41 Å². The number of terminal acetylenes is 1. The zero-order chi connectivity index (χ0) is 11.2. The van der Waals surface area contributed by atoms with Gasteiger partial charge in [0.15, 0.2) is 0 Å². The molecule has 0 saturated carbocycles. The quantitative estimate of drug-likeness (QED) is 0.670. The second-order valence-corrected chi connectivity index (χ2v) is 4.89. The van der Waals surface area contributed by atoms with E-state index in [4.69, 9.17) is 6.42 Å². The van der Waals surface area contributed by atoms with E-state index in [1.165, 1.54) is 0 Å². The second-order valence-electron chi connectivity index (χ2n) is 4.89. The van der Waals surface area contributed by atoms with Gasteiger partial charge in [-0.3, -0.25) is 4.90 Å². The topological polar surface area (TPSA) is 15.3 Å². The number of nitrogens with one attached hydrogen (secondary N) is 1. The summed E-state index contributed by atoms with van der Waals surface area (Å²) < 4.78 is 0. The van der Waals surface area contributed by atoms with Crippen molar-refractivity contribution in [2.45, 2.75) is 20.8 Å². The minimum Gasteiger partial charge on any atom is -0.387 e. The standard InChI is InChI=1S/C12H22N2/c1-7-8-14(6)9-11(2)13-10-12(3,4)5/h1,13H,2,8-10H2,3-6H3. The Kier molecular flexibility index (Phi) is 5.34. The summed E-state index contributed by atoms with van der Waals surface area (Å²) >= 11 is 0. The lowest BCUT2D eigenvalue weighted by Gasteiger charge is -2.22. The smallest absolute Gasteiger partial charge is 0.0599 e. The molecule has 0 amide bonds. The molecule has 0 aliphatic carbocycles. The third-order valence-electron chi connectivity index (χ3n) is 1.69. The average Bonchev–Trinajstić information content (AvgIpc) is 2.00. The van der Waals surface area contributed by atoms with Gasteiger partial charge in [-0.25, -0.2) is 0 Å². The molecule has 0 spiro atoms. The Hall–Kier alpha value is -0.940. The van der Waals surface area contributed by atoms with Crippen LogP contribution in [0.25, 0.3) is 0 Å². The Morgan fingerprint density at radius 2 is 2.07 bits per heavy atom. The normalized spacial score (nSPS) is 11.1. The van der Waals surface area contributed by atoms with Gasteiger partial charge in [0.1, 0.15) is 0 Å². The molecular formula is C12H22N2. The van der Waals surface area contributed by atoms with Crippen molar-refractivity contribution in [3.63, 3.8) is 0 Å². The zero-order valence-corrected chi connectivity index (χ0v) is 9.85. The van der Waals surface area contributed by atoms with Crippen molar-refractivity contribution in [1.29, 1.82) is 0 Å². The lowest BCUT2D eigenvalue weighted by Crippen LogP contribution is -2.31. The number of likely N-dealkylation sites (N-methyl/N-ethyl adjacent to an activating group) is 1. The zero-order valence-electron chi connectivity index (χ0n) is 9.85. The van der Waals surface area contributed by atoms with Crippen LogP contribution in [0.2, 0.25) is 0 Å². The van der Waals surface area contributed by atoms with E-state index in [1.807, 2.05) is 7.05 Å². The molecule has 0 aromatic heterocycles. The highest BCUT2D eigenvalue weighted by Crippen LogP contribution is 2.10. The second kappa shape index (κ2) is 5.72. The van der Waals surface area contributed by atoms with E-state index in [0.717, 1.165) is 18.8 Å². The number of hydrogen-bond acceptors (Lipinski definition) is 2. The first-order valence-electron chi connectivity index (χ1n) is 4.89. The highest BCUT2D eigenvalue weighted by Gasteiger charge is 2.09. The maximum atomic E-state index is 5.21. The first-order valence-corrected chi connectivity index (χ1v) is 4.89. The molecule has 0 aliphatic rings. The van der Waals surface area contributed by atoms with Gasteiger partial charge in [0.25, 0.3) is 0 Å². The summed E-state index contributed by atoms with van der Waals surface area (Å²) in [6.45, 7) is 12.9. The Morgan fingerprint density at radius 1 is 1.50 bits per heavy atom. The third-order valence-corrected chi connectivity index (χ3v) is 1.69. The molecule has 0 saturated heterocycles.